The summed E-state index contributed by atoms with van der Waals surface area (Å²) in [6.45, 7) is 3.13. The van der Waals surface area contributed by atoms with Crippen LogP contribution < -0.4 is 10.6 Å². The number of hydrogen-bond acceptors (Lipinski definition) is 6. The maximum Gasteiger partial charge on any atom is 0.308 e. The van der Waals surface area contributed by atoms with E-state index in [4.69, 9.17) is 4.74 Å². The number of nitrogens with one attached hydrogen (secondary N) is 2. The number of nitro groups is 1. The first kappa shape index (κ1) is 22.5. The van der Waals surface area contributed by atoms with E-state index in [0.29, 0.717) is 5.56 Å². The number of nitrogens with zero attached hydrogens (tertiary/aromatic N) is 1. The molecule has 0 fully saturated rings. The molecule has 10 heteroatoms. The zero-order chi connectivity index (χ0) is 22.3. The van der Waals surface area contributed by atoms with Crippen LogP contribution in [0.2, 0.25) is 0 Å². The fourth-order valence-electron chi connectivity index (χ4n) is 2.48. The van der Waals surface area contributed by atoms with Gasteiger partial charge in [0.1, 0.15) is 0 Å². The highest BCUT2D eigenvalue weighted by molar-refractivity contribution is 5.96. The molecule has 9 nitrogen and oxygen atoms in total. The second kappa shape index (κ2) is 10.1. The van der Waals surface area contributed by atoms with Crippen molar-refractivity contribution in [3.8, 4) is 0 Å². The fraction of sp³-hybridized carbons (Fsp3) is 0.250. The van der Waals surface area contributed by atoms with Crippen LogP contribution in [0.25, 0.3) is 0 Å². The molecule has 0 radical (unpaired) electrons. The van der Waals surface area contributed by atoms with Crippen LogP contribution in [0.4, 0.5) is 15.8 Å². The molecular weight excluding hydrogens is 397 g/mol. The van der Waals surface area contributed by atoms with Crippen molar-refractivity contribution in [2.24, 2.45) is 0 Å². The average molecular weight is 417 g/mol. The Morgan fingerprint density at radius 1 is 1.20 bits per heavy atom. The molecule has 158 valence electrons. The summed E-state index contributed by atoms with van der Waals surface area (Å²) >= 11 is 0. The highest BCUT2D eigenvalue weighted by Gasteiger charge is 2.20. The third kappa shape index (κ3) is 6.09. The van der Waals surface area contributed by atoms with Crippen molar-refractivity contribution in [2.75, 3.05) is 11.9 Å². The Morgan fingerprint density at radius 3 is 2.57 bits per heavy atom. The normalized spacial score (nSPS) is 11.3. The number of halogens is 1. The molecule has 1 unspecified atom stereocenters. The number of aryl methyl sites for hydroxylation is 1. The van der Waals surface area contributed by atoms with Crippen molar-refractivity contribution >= 4 is 29.2 Å². The van der Waals surface area contributed by atoms with Gasteiger partial charge in [-0.25, -0.2) is 0 Å². The van der Waals surface area contributed by atoms with E-state index in [2.05, 4.69) is 10.6 Å². The Kier molecular flexibility index (Phi) is 7.56. The molecule has 0 aliphatic carbocycles. The predicted octanol–water partition coefficient (Wildman–Crippen LogP) is 2.73. The molecule has 0 saturated heterocycles. The van der Waals surface area contributed by atoms with E-state index in [9.17, 15) is 28.9 Å². The lowest BCUT2D eigenvalue weighted by atomic mass is 10.1. The molecule has 30 heavy (non-hydrogen) atoms. The number of esters is 1. The molecule has 0 aromatic heterocycles. The molecule has 0 aliphatic heterocycles. The molecule has 0 saturated carbocycles. The third-order valence-corrected chi connectivity index (χ3v) is 4.09. The van der Waals surface area contributed by atoms with E-state index < -0.39 is 34.4 Å². The fourth-order valence-corrected chi connectivity index (χ4v) is 2.48. The number of rotatable bonds is 8. The minimum atomic E-state index is -1.20. The maximum absolute atomic E-state index is 13.3. The quantitative estimate of drug-likeness (QED) is 0.386. The van der Waals surface area contributed by atoms with Crippen LogP contribution in [0.5, 0.6) is 0 Å². The van der Waals surface area contributed by atoms with Gasteiger partial charge in [-0.1, -0.05) is 18.2 Å². The predicted molar refractivity (Wildman–Crippen MR) is 105 cm³/mol. The zero-order valence-electron chi connectivity index (χ0n) is 16.3. The first-order valence-electron chi connectivity index (χ1n) is 8.97. The molecule has 2 aromatic carbocycles. The van der Waals surface area contributed by atoms with Gasteiger partial charge in [0.05, 0.1) is 11.3 Å². The SMILES string of the molecule is Cc1ccccc1C(=O)NCCC(=O)OC(C)C(=O)Nc1ccc(F)c([N+](=O)[O-])c1. The van der Waals surface area contributed by atoms with Crippen LogP contribution in [-0.4, -0.2) is 35.4 Å². The molecule has 2 aromatic rings. The van der Waals surface area contributed by atoms with Gasteiger partial charge >= 0.3 is 11.7 Å². The summed E-state index contributed by atoms with van der Waals surface area (Å²) in [5, 5.41) is 15.7. The van der Waals surface area contributed by atoms with E-state index in [1.54, 1.807) is 31.2 Å². The third-order valence-electron chi connectivity index (χ3n) is 4.09. The van der Waals surface area contributed by atoms with Gasteiger partial charge in [0.2, 0.25) is 5.82 Å². The first-order chi connectivity index (χ1) is 14.2. The van der Waals surface area contributed by atoms with Gasteiger partial charge in [0, 0.05) is 23.9 Å². The maximum atomic E-state index is 13.3. The molecule has 0 bridgehead atoms. The second-order valence-corrected chi connectivity index (χ2v) is 6.37. The largest absolute Gasteiger partial charge is 0.452 e. The summed E-state index contributed by atoms with van der Waals surface area (Å²) in [5.41, 5.74) is 0.485. The van der Waals surface area contributed by atoms with Gasteiger partial charge in [-0.3, -0.25) is 24.5 Å². The Hall–Kier alpha value is -3.82. The molecule has 2 rings (SSSR count). The van der Waals surface area contributed by atoms with Crippen molar-refractivity contribution < 1.29 is 28.4 Å². The van der Waals surface area contributed by atoms with Crippen molar-refractivity contribution in [2.45, 2.75) is 26.4 Å². The molecule has 0 heterocycles. The molecule has 1 atom stereocenters. The second-order valence-electron chi connectivity index (χ2n) is 6.37. The van der Waals surface area contributed by atoms with Crippen LogP contribution in [0.3, 0.4) is 0 Å². The van der Waals surface area contributed by atoms with Crippen LogP contribution in [0, 0.1) is 22.9 Å². The topological polar surface area (TPSA) is 128 Å². The zero-order valence-corrected chi connectivity index (χ0v) is 16.3. The lowest BCUT2D eigenvalue weighted by Crippen LogP contribution is -2.32. The van der Waals surface area contributed by atoms with Gasteiger partial charge < -0.3 is 15.4 Å². The molecule has 0 aliphatic rings. The van der Waals surface area contributed by atoms with Gasteiger partial charge in [-0.05, 0) is 37.6 Å². The Balaban J connectivity index is 1.81. The highest BCUT2D eigenvalue weighted by Crippen LogP contribution is 2.21. The van der Waals surface area contributed by atoms with Crippen LogP contribution in [0.1, 0.15) is 29.3 Å². The van der Waals surface area contributed by atoms with E-state index >= 15 is 0 Å². The first-order valence-corrected chi connectivity index (χ1v) is 8.97. The Morgan fingerprint density at radius 2 is 1.90 bits per heavy atom. The van der Waals surface area contributed by atoms with E-state index in [1.807, 2.05) is 0 Å². The van der Waals surface area contributed by atoms with Crippen LogP contribution >= 0.6 is 0 Å². The smallest absolute Gasteiger partial charge is 0.308 e. The van der Waals surface area contributed by atoms with Gasteiger partial charge in [0.25, 0.3) is 11.8 Å². The number of carbonyl (C=O) groups excluding carboxylic acids is 3. The molecular formula is C20H20FN3O6. The van der Waals surface area contributed by atoms with Crippen LogP contribution in [0.15, 0.2) is 42.5 Å². The number of carbonyl (C=O) groups is 3. The molecule has 2 N–H and O–H groups in total. The van der Waals surface area contributed by atoms with Gasteiger partial charge in [0.15, 0.2) is 6.10 Å². The van der Waals surface area contributed by atoms with E-state index in [1.165, 1.54) is 6.92 Å². The summed E-state index contributed by atoms with van der Waals surface area (Å²) in [7, 11) is 0. The minimum absolute atomic E-state index is 0.0125. The number of amides is 2. The summed E-state index contributed by atoms with van der Waals surface area (Å²) in [6.07, 6.45) is -1.36. The average Bonchev–Trinajstić information content (AvgIpc) is 2.69. The Labute approximate surface area is 171 Å². The Bertz CT molecular complexity index is 979. The minimum Gasteiger partial charge on any atom is -0.452 e. The van der Waals surface area contributed by atoms with Crippen molar-refractivity contribution in [3.63, 3.8) is 0 Å². The van der Waals surface area contributed by atoms with E-state index in [0.717, 1.165) is 23.8 Å². The number of hydrogen-bond donors (Lipinski definition) is 2. The molecule has 2 amide bonds. The summed E-state index contributed by atoms with van der Waals surface area (Å²) in [6, 6.07) is 9.85. The van der Waals surface area contributed by atoms with Crippen molar-refractivity contribution in [1.29, 1.82) is 0 Å². The molecule has 0 spiro atoms. The van der Waals surface area contributed by atoms with Gasteiger partial charge in [-0.2, -0.15) is 4.39 Å². The summed E-state index contributed by atoms with van der Waals surface area (Å²) < 4.78 is 18.3. The standard InChI is InChI=1S/C20H20FN3O6/c1-12-5-3-4-6-15(12)20(27)22-10-9-18(25)30-13(2)19(26)23-14-7-8-16(21)17(11-14)24(28)29/h3-8,11,13H,9-10H2,1-2H3,(H,22,27)(H,23,26). The lowest BCUT2D eigenvalue weighted by molar-refractivity contribution is -0.387. The van der Waals surface area contributed by atoms with Crippen LogP contribution in [-0.2, 0) is 14.3 Å². The highest BCUT2D eigenvalue weighted by atomic mass is 19.1. The van der Waals surface area contributed by atoms with Crippen molar-refractivity contribution in [3.05, 3.63) is 69.5 Å². The van der Waals surface area contributed by atoms with E-state index in [-0.39, 0.29) is 24.6 Å². The van der Waals surface area contributed by atoms with Gasteiger partial charge in [-0.15, -0.1) is 0 Å². The number of benzene rings is 2. The number of nitro benzene ring substituents is 1. The summed E-state index contributed by atoms with van der Waals surface area (Å²) in [4.78, 5) is 45.9. The summed E-state index contributed by atoms with van der Waals surface area (Å²) in [5.74, 6) is -2.82. The lowest BCUT2D eigenvalue weighted by Gasteiger charge is -2.14. The number of anilines is 1. The number of ether oxygens (including phenoxy) is 1. The monoisotopic (exact) mass is 417 g/mol. The van der Waals surface area contributed by atoms with Crippen molar-refractivity contribution in [1.82, 2.24) is 5.32 Å².